The van der Waals surface area contributed by atoms with Crippen LogP contribution in [0.1, 0.15) is 36.8 Å². The van der Waals surface area contributed by atoms with Crippen molar-refractivity contribution in [2.24, 2.45) is 11.8 Å². The van der Waals surface area contributed by atoms with Crippen molar-refractivity contribution in [2.45, 2.75) is 32.2 Å². The molecule has 2 aliphatic rings. The third-order valence-corrected chi connectivity index (χ3v) is 4.65. The van der Waals surface area contributed by atoms with Crippen molar-refractivity contribution in [3.63, 3.8) is 0 Å². The maximum Gasteiger partial charge on any atom is 0.212 e. The van der Waals surface area contributed by atoms with Crippen molar-refractivity contribution in [1.29, 1.82) is 0 Å². The van der Waals surface area contributed by atoms with Gasteiger partial charge in [0.1, 0.15) is 5.52 Å². The monoisotopic (exact) mass is 242 g/mol. The Hall–Kier alpha value is -1.35. The Bertz CT molecular complexity index is 589. The lowest BCUT2D eigenvalue weighted by Gasteiger charge is -2.13. The number of hydrogen-bond donors (Lipinski definition) is 1. The molecule has 2 aromatic rings. The fourth-order valence-electron chi connectivity index (χ4n) is 3.69. The first-order valence-corrected chi connectivity index (χ1v) is 6.92. The fraction of sp³-hybridized carbons (Fsp3) is 0.533. The van der Waals surface area contributed by atoms with Gasteiger partial charge in [0.25, 0.3) is 0 Å². The molecular weight excluding hydrogens is 224 g/mol. The van der Waals surface area contributed by atoms with Gasteiger partial charge >= 0.3 is 0 Å². The number of hydrogen-bond acceptors (Lipinski definition) is 3. The summed E-state index contributed by atoms with van der Waals surface area (Å²) in [4.78, 5) is 4.73. The molecule has 18 heavy (non-hydrogen) atoms. The molecule has 4 rings (SSSR count). The molecule has 1 aromatic heterocycles. The molecule has 94 valence electrons. The van der Waals surface area contributed by atoms with Gasteiger partial charge in [0.05, 0.1) is 6.04 Å². The van der Waals surface area contributed by atoms with Crippen LogP contribution in [0.3, 0.4) is 0 Å². The molecule has 0 bridgehead atoms. The van der Waals surface area contributed by atoms with Crippen LogP contribution >= 0.6 is 0 Å². The van der Waals surface area contributed by atoms with Gasteiger partial charge in [-0.1, -0.05) is 18.6 Å². The third-order valence-electron chi connectivity index (χ3n) is 4.65. The van der Waals surface area contributed by atoms with E-state index in [1.165, 1.54) is 24.8 Å². The van der Waals surface area contributed by atoms with E-state index in [0.717, 1.165) is 35.4 Å². The molecule has 3 atom stereocenters. The summed E-state index contributed by atoms with van der Waals surface area (Å²) >= 11 is 0. The topological polar surface area (TPSA) is 38.1 Å². The Morgan fingerprint density at radius 1 is 1.33 bits per heavy atom. The van der Waals surface area contributed by atoms with E-state index in [0.29, 0.717) is 6.04 Å². The van der Waals surface area contributed by atoms with Crippen LogP contribution in [0.15, 0.2) is 22.6 Å². The highest BCUT2D eigenvalue weighted by Gasteiger charge is 2.41. The van der Waals surface area contributed by atoms with E-state index in [-0.39, 0.29) is 0 Å². The summed E-state index contributed by atoms with van der Waals surface area (Å²) in [6.07, 6.45) is 4.06. The van der Waals surface area contributed by atoms with Gasteiger partial charge in [-0.3, -0.25) is 0 Å². The van der Waals surface area contributed by atoms with E-state index in [9.17, 15) is 0 Å². The first-order chi connectivity index (χ1) is 8.83. The zero-order valence-electron chi connectivity index (χ0n) is 10.6. The van der Waals surface area contributed by atoms with Crippen molar-refractivity contribution in [2.75, 3.05) is 6.54 Å². The van der Waals surface area contributed by atoms with Crippen molar-refractivity contribution in [3.05, 3.63) is 29.7 Å². The Morgan fingerprint density at radius 2 is 2.28 bits per heavy atom. The van der Waals surface area contributed by atoms with Crippen LogP contribution in [0.25, 0.3) is 11.1 Å². The van der Waals surface area contributed by atoms with Gasteiger partial charge in [-0.25, -0.2) is 4.98 Å². The van der Waals surface area contributed by atoms with Gasteiger partial charge in [-0.15, -0.1) is 0 Å². The highest BCUT2D eigenvalue weighted by atomic mass is 16.3. The number of para-hydroxylation sites is 1. The minimum atomic E-state index is 0.337. The van der Waals surface area contributed by atoms with Crippen molar-refractivity contribution in [1.82, 2.24) is 10.3 Å². The largest absolute Gasteiger partial charge is 0.439 e. The first kappa shape index (κ1) is 10.6. The standard InChI is InChI=1S/C15H18N2O/c1-9-4-2-7-12-13(9)17-15(18-12)14-11-6-3-5-10(11)8-16-14/h2,4,7,10-11,14,16H,3,5-6,8H2,1H3. The van der Waals surface area contributed by atoms with E-state index >= 15 is 0 Å². The molecule has 1 N–H and O–H groups in total. The second-order valence-corrected chi connectivity index (χ2v) is 5.71. The van der Waals surface area contributed by atoms with E-state index in [1.807, 2.05) is 12.1 Å². The van der Waals surface area contributed by atoms with Gasteiger partial charge in [0.15, 0.2) is 5.58 Å². The lowest BCUT2D eigenvalue weighted by molar-refractivity contribution is 0.356. The zero-order valence-corrected chi connectivity index (χ0v) is 10.6. The molecular formula is C15H18N2O. The highest BCUT2D eigenvalue weighted by Crippen LogP contribution is 2.44. The lowest BCUT2D eigenvalue weighted by Crippen LogP contribution is -2.17. The summed E-state index contributed by atoms with van der Waals surface area (Å²) in [7, 11) is 0. The second-order valence-electron chi connectivity index (χ2n) is 5.71. The van der Waals surface area contributed by atoms with E-state index in [2.05, 4.69) is 18.3 Å². The minimum Gasteiger partial charge on any atom is -0.439 e. The van der Waals surface area contributed by atoms with Gasteiger partial charge < -0.3 is 9.73 Å². The van der Waals surface area contributed by atoms with Gasteiger partial charge in [0, 0.05) is 0 Å². The van der Waals surface area contributed by atoms with Crippen LogP contribution in [0.2, 0.25) is 0 Å². The molecule has 2 heterocycles. The maximum absolute atomic E-state index is 5.97. The number of aromatic nitrogens is 1. The maximum atomic E-state index is 5.97. The zero-order chi connectivity index (χ0) is 12.1. The molecule has 0 spiro atoms. The molecule has 1 saturated carbocycles. The Balaban J connectivity index is 1.76. The molecule has 2 fully saturated rings. The molecule has 1 aromatic carbocycles. The van der Waals surface area contributed by atoms with Crippen molar-refractivity contribution >= 4 is 11.1 Å². The molecule has 0 amide bonds. The van der Waals surface area contributed by atoms with Crippen LogP contribution in [0.5, 0.6) is 0 Å². The highest BCUT2D eigenvalue weighted by molar-refractivity contribution is 5.76. The van der Waals surface area contributed by atoms with Crippen LogP contribution in [-0.2, 0) is 0 Å². The predicted molar refractivity (Wildman–Crippen MR) is 70.3 cm³/mol. The molecule has 1 saturated heterocycles. The number of benzene rings is 1. The van der Waals surface area contributed by atoms with E-state index < -0.39 is 0 Å². The number of nitrogens with zero attached hydrogens (tertiary/aromatic N) is 1. The number of nitrogens with one attached hydrogen (secondary N) is 1. The Morgan fingerprint density at radius 3 is 3.17 bits per heavy atom. The summed E-state index contributed by atoms with van der Waals surface area (Å²) in [5, 5.41) is 3.60. The fourth-order valence-corrected chi connectivity index (χ4v) is 3.69. The lowest BCUT2D eigenvalue weighted by atomic mass is 9.94. The van der Waals surface area contributed by atoms with Crippen LogP contribution in [0, 0.1) is 18.8 Å². The Kier molecular flexibility index (Phi) is 2.24. The van der Waals surface area contributed by atoms with Gasteiger partial charge in [-0.05, 0) is 49.8 Å². The third kappa shape index (κ3) is 1.43. The molecule has 0 radical (unpaired) electrons. The average molecular weight is 242 g/mol. The summed E-state index contributed by atoms with van der Waals surface area (Å²) in [5.41, 5.74) is 3.15. The SMILES string of the molecule is Cc1cccc2oc(C3NCC4CCCC43)nc12. The summed E-state index contributed by atoms with van der Waals surface area (Å²) < 4.78 is 5.97. The summed E-state index contributed by atoms with van der Waals surface area (Å²) in [6.45, 7) is 3.22. The van der Waals surface area contributed by atoms with Crippen molar-refractivity contribution in [3.8, 4) is 0 Å². The normalized spacial score (nSPS) is 31.1. The number of aryl methyl sites for hydroxylation is 1. The van der Waals surface area contributed by atoms with Crippen LogP contribution in [-0.4, -0.2) is 11.5 Å². The first-order valence-electron chi connectivity index (χ1n) is 6.92. The molecule has 3 heteroatoms. The summed E-state index contributed by atoms with van der Waals surface area (Å²) in [5.74, 6) is 2.47. The predicted octanol–water partition coefficient (Wildman–Crippen LogP) is 3.20. The van der Waals surface area contributed by atoms with Crippen molar-refractivity contribution < 1.29 is 4.42 Å². The minimum absolute atomic E-state index is 0.337. The van der Waals surface area contributed by atoms with E-state index in [1.54, 1.807) is 0 Å². The van der Waals surface area contributed by atoms with Gasteiger partial charge in [-0.2, -0.15) is 0 Å². The number of fused-ring (bicyclic) bond motifs is 2. The van der Waals surface area contributed by atoms with Crippen LogP contribution < -0.4 is 5.32 Å². The second kappa shape index (κ2) is 3.82. The van der Waals surface area contributed by atoms with Crippen LogP contribution in [0.4, 0.5) is 0 Å². The molecule has 3 nitrogen and oxygen atoms in total. The molecule has 3 unspecified atom stereocenters. The number of oxazole rings is 1. The number of rotatable bonds is 1. The molecule has 1 aliphatic heterocycles. The Labute approximate surface area is 107 Å². The smallest absolute Gasteiger partial charge is 0.212 e. The molecule has 1 aliphatic carbocycles. The average Bonchev–Trinajstić information content (AvgIpc) is 3.02. The summed E-state index contributed by atoms with van der Waals surface area (Å²) in [6, 6.07) is 6.48. The van der Waals surface area contributed by atoms with Gasteiger partial charge in [0.2, 0.25) is 5.89 Å². The quantitative estimate of drug-likeness (QED) is 0.834. The van der Waals surface area contributed by atoms with E-state index in [4.69, 9.17) is 9.40 Å².